The van der Waals surface area contributed by atoms with Gasteiger partial charge in [-0.05, 0) is 44.4 Å². The molecule has 0 saturated heterocycles. The van der Waals surface area contributed by atoms with E-state index in [9.17, 15) is 0 Å². The summed E-state index contributed by atoms with van der Waals surface area (Å²) in [5.74, 6) is 0.795. The van der Waals surface area contributed by atoms with E-state index < -0.39 is 0 Å². The van der Waals surface area contributed by atoms with Gasteiger partial charge in [-0.2, -0.15) is 0 Å². The molecule has 0 heterocycles. The first-order valence-corrected chi connectivity index (χ1v) is 5.15. The summed E-state index contributed by atoms with van der Waals surface area (Å²) in [5, 5.41) is 8.77. The van der Waals surface area contributed by atoms with Crippen LogP contribution in [0.15, 0.2) is 11.6 Å². The van der Waals surface area contributed by atoms with Crippen molar-refractivity contribution in [3.8, 4) is 0 Å². The van der Waals surface area contributed by atoms with E-state index in [0.29, 0.717) is 6.61 Å². The van der Waals surface area contributed by atoms with Crippen molar-refractivity contribution < 1.29 is 5.11 Å². The average molecular weight is 168 g/mol. The lowest BCUT2D eigenvalue weighted by Gasteiger charge is -2.23. The summed E-state index contributed by atoms with van der Waals surface area (Å²) in [5.41, 5.74) is 1.65. The Labute approximate surface area is 75.5 Å². The standard InChI is InChI=1S/C11H20O/c1-2-3-10-4-6-11(7-5-10)8-9-12/h3,11-12H,2,4-9H2,1H3. The topological polar surface area (TPSA) is 20.2 Å². The van der Waals surface area contributed by atoms with E-state index in [1.807, 2.05) is 0 Å². The average Bonchev–Trinajstić information content (AvgIpc) is 2.09. The van der Waals surface area contributed by atoms with Crippen LogP contribution in [0.4, 0.5) is 0 Å². The molecule has 1 fully saturated rings. The van der Waals surface area contributed by atoms with E-state index in [0.717, 1.165) is 12.3 Å². The number of rotatable bonds is 3. The predicted molar refractivity (Wildman–Crippen MR) is 52.0 cm³/mol. The van der Waals surface area contributed by atoms with Crippen LogP contribution in [-0.2, 0) is 0 Å². The first-order chi connectivity index (χ1) is 5.86. The molecule has 0 radical (unpaired) electrons. The molecular weight excluding hydrogens is 148 g/mol. The highest BCUT2D eigenvalue weighted by atomic mass is 16.3. The van der Waals surface area contributed by atoms with Gasteiger partial charge in [-0.1, -0.05) is 18.6 Å². The zero-order valence-electron chi connectivity index (χ0n) is 8.05. The Balaban J connectivity index is 2.24. The number of allylic oxidation sites excluding steroid dienone is 2. The predicted octanol–water partition coefficient (Wildman–Crippen LogP) is 2.90. The molecule has 12 heavy (non-hydrogen) atoms. The van der Waals surface area contributed by atoms with Crippen LogP contribution in [0.1, 0.15) is 45.4 Å². The van der Waals surface area contributed by atoms with Gasteiger partial charge in [0.2, 0.25) is 0 Å². The molecule has 0 spiro atoms. The monoisotopic (exact) mass is 168 g/mol. The number of hydrogen-bond acceptors (Lipinski definition) is 1. The quantitative estimate of drug-likeness (QED) is 0.642. The van der Waals surface area contributed by atoms with Crippen molar-refractivity contribution >= 4 is 0 Å². The summed E-state index contributed by atoms with van der Waals surface area (Å²) in [4.78, 5) is 0. The number of hydrogen-bond donors (Lipinski definition) is 1. The molecule has 1 aliphatic carbocycles. The summed E-state index contributed by atoms with van der Waals surface area (Å²) in [7, 11) is 0. The smallest absolute Gasteiger partial charge is 0.0433 e. The van der Waals surface area contributed by atoms with Crippen LogP contribution in [0, 0.1) is 5.92 Å². The zero-order valence-corrected chi connectivity index (χ0v) is 8.05. The fourth-order valence-electron chi connectivity index (χ4n) is 2.01. The fraction of sp³-hybridized carbons (Fsp3) is 0.818. The van der Waals surface area contributed by atoms with Crippen molar-refractivity contribution in [3.05, 3.63) is 11.6 Å². The number of aliphatic hydroxyl groups is 1. The third-order valence-corrected chi connectivity index (χ3v) is 2.78. The molecule has 70 valence electrons. The molecule has 1 aliphatic rings. The Morgan fingerprint density at radius 1 is 1.42 bits per heavy atom. The molecule has 0 aromatic carbocycles. The van der Waals surface area contributed by atoms with Gasteiger partial charge in [0.25, 0.3) is 0 Å². The summed E-state index contributed by atoms with van der Waals surface area (Å²) in [6.07, 6.45) is 9.71. The normalized spacial score (nSPS) is 24.2. The second-order valence-corrected chi connectivity index (χ2v) is 3.73. The van der Waals surface area contributed by atoms with Crippen molar-refractivity contribution in [2.45, 2.75) is 45.4 Å². The molecular formula is C11H20O. The second-order valence-electron chi connectivity index (χ2n) is 3.73. The van der Waals surface area contributed by atoms with Gasteiger partial charge in [0.05, 0.1) is 0 Å². The third-order valence-electron chi connectivity index (χ3n) is 2.78. The van der Waals surface area contributed by atoms with Crippen LogP contribution < -0.4 is 0 Å². The van der Waals surface area contributed by atoms with E-state index in [-0.39, 0.29) is 0 Å². The van der Waals surface area contributed by atoms with Crippen LogP contribution >= 0.6 is 0 Å². The molecule has 1 heteroatoms. The summed E-state index contributed by atoms with van der Waals surface area (Å²) >= 11 is 0. The third kappa shape index (κ3) is 2.98. The Bertz CT molecular complexity index is 139. The van der Waals surface area contributed by atoms with Crippen LogP contribution in [0.5, 0.6) is 0 Å². The molecule has 0 unspecified atom stereocenters. The number of aliphatic hydroxyl groups excluding tert-OH is 1. The second kappa shape index (κ2) is 5.36. The molecule has 1 rings (SSSR count). The minimum Gasteiger partial charge on any atom is -0.396 e. The van der Waals surface area contributed by atoms with Crippen molar-refractivity contribution in [2.24, 2.45) is 5.92 Å². The van der Waals surface area contributed by atoms with Crippen molar-refractivity contribution in [2.75, 3.05) is 6.61 Å². The van der Waals surface area contributed by atoms with Gasteiger partial charge in [-0.3, -0.25) is 0 Å². The molecule has 0 aromatic rings. The van der Waals surface area contributed by atoms with Crippen molar-refractivity contribution in [3.63, 3.8) is 0 Å². The minimum absolute atomic E-state index is 0.373. The lowest BCUT2D eigenvalue weighted by Crippen LogP contribution is -2.09. The van der Waals surface area contributed by atoms with Gasteiger partial charge >= 0.3 is 0 Å². The van der Waals surface area contributed by atoms with E-state index in [1.54, 1.807) is 5.57 Å². The highest BCUT2D eigenvalue weighted by Gasteiger charge is 2.15. The maximum atomic E-state index is 8.77. The lowest BCUT2D eigenvalue weighted by molar-refractivity contribution is 0.240. The van der Waals surface area contributed by atoms with E-state index >= 15 is 0 Å². The molecule has 1 nitrogen and oxygen atoms in total. The van der Waals surface area contributed by atoms with Gasteiger partial charge in [-0.15, -0.1) is 0 Å². The van der Waals surface area contributed by atoms with Crippen LogP contribution in [0.3, 0.4) is 0 Å². The maximum Gasteiger partial charge on any atom is 0.0433 e. The van der Waals surface area contributed by atoms with E-state index in [1.165, 1.54) is 32.1 Å². The first kappa shape index (κ1) is 9.79. The Morgan fingerprint density at radius 2 is 2.08 bits per heavy atom. The molecule has 0 aromatic heterocycles. The highest BCUT2D eigenvalue weighted by molar-refractivity contribution is 5.04. The first-order valence-electron chi connectivity index (χ1n) is 5.15. The van der Waals surface area contributed by atoms with Gasteiger partial charge in [-0.25, -0.2) is 0 Å². The molecule has 0 aliphatic heterocycles. The van der Waals surface area contributed by atoms with Gasteiger partial charge in [0.1, 0.15) is 0 Å². The Morgan fingerprint density at radius 3 is 2.58 bits per heavy atom. The van der Waals surface area contributed by atoms with E-state index in [2.05, 4.69) is 13.0 Å². The molecule has 1 saturated carbocycles. The highest BCUT2D eigenvalue weighted by Crippen LogP contribution is 2.30. The van der Waals surface area contributed by atoms with Gasteiger partial charge < -0.3 is 5.11 Å². The van der Waals surface area contributed by atoms with Crippen LogP contribution in [0.2, 0.25) is 0 Å². The molecule has 0 amide bonds. The summed E-state index contributed by atoms with van der Waals surface area (Å²) in [6.45, 7) is 2.57. The van der Waals surface area contributed by atoms with Crippen LogP contribution in [0.25, 0.3) is 0 Å². The lowest BCUT2D eigenvalue weighted by atomic mass is 9.84. The van der Waals surface area contributed by atoms with Crippen molar-refractivity contribution in [1.29, 1.82) is 0 Å². The van der Waals surface area contributed by atoms with Crippen molar-refractivity contribution in [1.82, 2.24) is 0 Å². The zero-order chi connectivity index (χ0) is 8.81. The Kier molecular flexibility index (Phi) is 4.37. The van der Waals surface area contributed by atoms with E-state index in [4.69, 9.17) is 5.11 Å². The fourth-order valence-corrected chi connectivity index (χ4v) is 2.01. The molecule has 1 N–H and O–H groups in total. The molecule has 0 atom stereocenters. The van der Waals surface area contributed by atoms with Gasteiger partial charge in [0.15, 0.2) is 0 Å². The summed E-state index contributed by atoms with van der Waals surface area (Å²) < 4.78 is 0. The maximum absolute atomic E-state index is 8.77. The van der Waals surface area contributed by atoms with Gasteiger partial charge in [0, 0.05) is 6.61 Å². The molecule has 0 bridgehead atoms. The largest absolute Gasteiger partial charge is 0.396 e. The Hall–Kier alpha value is -0.300. The summed E-state index contributed by atoms with van der Waals surface area (Å²) in [6, 6.07) is 0. The minimum atomic E-state index is 0.373. The van der Waals surface area contributed by atoms with Crippen LogP contribution in [-0.4, -0.2) is 11.7 Å². The SMILES string of the molecule is CCC=C1CCC(CCO)CC1.